The minimum Gasteiger partial charge on any atom is -0.496 e. The SMILES string of the molecule is COc1ccccc1C(=O)COC(=O)c1ccc(CNC(C)=O)cc1. The summed E-state index contributed by atoms with van der Waals surface area (Å²) in [4.78, 5) is 35.1. The van der Waals surface area contributed by atoms with Gasteiger partial charge in [-0.15, -0.1) is 0 Å². The highest BCUT2D eigenvalue weighted by Gasteiger charge is 2.15. The third kappa shape index (κ3) is 5.17. The van der Waals surface area contributed by atoms with Crippen LogP contribution >= 0.6 is 0 Å². The Morgan fingerprint density at radius 1 is 1.00 bits per heavy atom. The normalized spacial score (nSPS) is 10.0. The van der Waals surface area contributed by atoms with E-state index in [9.17, 15) is 14.4 Å². The molecule has 0 bridgehead atoms. The Bertz CT molecular complexity index is 768. The van der Waals surface area contributed by atoms with E-state index in [1.807, 2.05) is 0 Å². The van der Waals surface area contributed by atoms with E-state index in [2.05, 4.69) is 5.32 Å². The number of nitrogens with one attached hydrogen (secondary N) is 1. The van der Waals surface area contributed by atoms with Crippen molar-refractivity contribution >= 4 is 17.7 Å². The van der Waals surface area contributed by atoms with Gasteiger partial charge in [0.05, 0.1) is 18.2 Å². The van der Waals surface area contributed by atoms with Gasteiger partial charge in [0.25, 0.3) is 0 Å². The molecule has 0 heterocycles. The number of rotatable bonds is 7. The maximum absolute atomic E-state index is 12.2. The van der Waals surface area contributed by atoms with Gasteiger partial charge < -0.3 is 14.8 Å². The molecule has 6 heteroatoms. The van der Waals surface area contributed by atoms with E-state index >= 15 is 0 Å². The Morgan fingerprint density at radius 3 is 2.32 bits per heavy atom. The predicted molar refractivity (Wildman–Crippen MR) is 91.6 cm³/mol. The number of amides is 1. The molecule has 0 aromatic heterocycles. The van der Waals surface area contributed by atoms with Gasteiger partial charge in [-0.3, -0.25) is 9.59 Å². The highest BCUT2D eigenvalue weighted by Crippen LogP contribution is 2.18. The number of ketones is 1. The number of hydrogen-bond acceptors (Lipinski definition) is 5. The number of para-hydroxylation sites is 1. The summed E-state index contributed by atoms with van der Waals surface area (Å²) in [6.07, 6.45) is 0. The number of carbonyl (C=O) groups is 3. The topological polar surface area (TPSA) is 81.7 Å². The fourth-order valence-electron chi connectivity index (χ4n) is 2.15. The molecule has 0 atom stereocenters. The van der Waals surface area contributed by atoms with Gasteiger partial charge in [-0.05, 0) is 29.8 Å². The fourth-order valence-corrected chi connectivity index (χ4v) is 2.15. The monoisotopic (exact) mass is 341 g/mol. The standard InChI is InChI=1S/C19H19NO5/c1-13(21)20-11-14-7-9-15(10-8-14)19(23)25-12-17(22)16-5-3-4-6-18(16)24-2/h3-10H,11-12H2,1-2H3,(H,20,21). The lowest BCUT2D eigenvalue weighted by Crippen LogP contribution is -2.19. The zero-order chi connectivity index (χ0) is 18.2. The van der Waals surface area contributed by atoms with Crippen LogP contribution in [0.5, 0.6) is 5.75 Å². The largest absolute Gasteiger partial charge is 0.496 e. The number of esters is 1. The van der Waals surface area contributed by atoms with Crippen molar-refractivity contribution in [1.82, 2.24) is 5.32 Å². The van der Waals surface area contributed by atoms with Crippen LogP contribution in [0, 0.1) is 0 Å². The second kappa shape index (κ2) is 8.63. The summed E-state index contributed by atoms with van der Waals surface area (Å²) in [5.74, 6) is -0.619. The minimum absolute atomic E-state index is 0.127. The minimum atomic E-state index is -0.589. The van der Waals surface area contributed by atoms with Gasteiger partial charge in [-0.2, -0.15) is 0 Å². The van der Waals surface area contributed by atoms with Crippen molar-refractivity contribution in [3.05, 3.63) is 65.2 Å². The number of carbonyl (C=O) groups excluding carboxylic acids is 3. The Morgan fingerprint density at radius 2 is 1.68 bits per heavy atom. The van der Waals surface area contributed by atoms with Gasteiger partial charge in [-0.1, -0.05) is 24.3 Å². The highest BCUT2D eigenvalue weighted by atomic mass is 16.5. The number of Topliss-reactive ketones (excluding diaryl/α,β-unsaturated/α-hetero) is 1. The smallest absolute Gasteiger partial charge is 0.338 e. The molecule has 0 aliphatic heterocycles. The van der Waals surface area contributed by atoms with Crippen molar-refractivity contribution in [2.75, 3.05) is 13.7 Å². The van der Waals surface area contributed by atoms with Crippen LogP contribution in [0.25, 0.3) is 0 Å². The quantitative estimate of drug-likeness (QED) is 0.618. The first-order valence-electron chi connectivity index (χ1n) is 7.68. The van der Waals surface area contributed by atoms with Crippen molar-refractivity contribution in [3.8, 4) is 5.75 Å². The third-order valence-electron chi connectivity index (χ3n) is 3.47. The summed E-state index contributed by atoms with van der Waals surface area (Å²) < 4.78 is 10.2. The Kier molecular flexibility index (Phi) is 6.28. The molecule has 2 aromatic rings. The summed E-state index contributed by atoms with van der Waals surface area (Å²) >= 11 is 0. The second-order valence-electron chi connectivity index (χ2n) is 5.31. The van der Waals surface area contributed by atoms with Crippen molar-refractivity contribution in [2.24, 2.45) is 0 Å². The number of ether oxygens (including phenoxy) is 2. The predicted octanol–water partition coefficient (Wildman–Crippen LogP) is 2.37. The molecule has 25 heavy (non-hydrogen) atoms. The molecule has 0 radical (unpaired) electrons. The van der Waals surface area contributed by atoms with Crippen molar-refractivity contribution in [1.29, 1.82) is 0 Å². The zero-order valence-corrected chi connectivity index (χ0v) is 14.1. The average Bonchev–Trinajstić information content (AvgIpc) is 2.64. The summed E-state index contributed by atoms with van der Waals surface area (Å²) in [6, 6.07) is 13.4. The van der Waals surface area contributed by atoms with Gasteiger partial charge in [-0.25, -0.2) is 4.79 Å². The summed E-state index contributed by atoms with van der Waals surface area (Å²) in [5.41, 5.74) is 1.56. The van der Waals surface area contributed by atoms with Crippen LogP contribution in [-0.4, -0.2) is 31.4 Å². The van der Waals surface area contributed by atoms with Crippen LogP contribution in [0.15, 0.2) is 48.5 Å². The Balaban J connectivity index is 1.93. The van der Waals surface area contributed by atoms with Crippen LogP contribution in [0.4, 0.5) is 0 Å². The van der Waals surface area contributed by atoms with Crippen LogP contribution in [-0.2, 0) is 16.1 Å². The van der Waals surface area contributed by atoms with Gasteiger partial charge >= 0.3 is 5.97 Å². The highest BCUT2D eigenvalue weighted by molar-refractivity contribution is 6.01. The van der Waals surface area contributed by atoms with E-state index in [-0.39, 0.29) is 18.3 Å². The van der Waals surface area contributed by atoms with E-state index in [1.54, 1.807) is 48.5 Å². The maximum Gasteiger partial charge on any atom is 0.338 e. The van der Waals surface area contributed by atoms with Crippen molar-refractivity contribution < 1.29 is 23.9 Å². The van der Waals surface area contributed by atoms with Crippen molar-refractivity contribution in [2.45, 2.75) is 13.5 Å². The molecule has 0 unspecified atom stereocenters. The third-order valence-corrected chi connectivity index (χ3v) is 3.47. The first-order valence-corrected chi connectivity index (χ1v) is 7.68. The maximum atomic E-state index is 12.2. The van der Waals surface area contributed by atoms with Gasteiger partial charge in [0, 0.05) is 13.5 Å². The molecule has 0 saturated heterocycles. The lowest BCUT2D eigenvalue weighted by molar-refractivity contribution is -0.119. The Hall–Kier alpha value is -3.15. The zero-order valence-electron chi connectivity index (χ0n) is 14.1. The van der Waals surface area contributed by atoms with E-state index in [1.165, 1.54) is 14.0 Å². The first kappa shape index (κ1) is 18.2. The molecule has 2 aromatic carbocycles. The molecule has 1 N–H and O–H groups in total. The lowest BCUT2D eigenvalue weighted by Gasteiger charge is -2.08. The van der Waals surface area contributed by atoms with Crippen LogP contribution < -0.4 is 10.1 Å². The van der Waals surface area contributed by atoms with Gasteiger partial charge in [0.2, 0.25) is 11.7 Å². The molecule has 2 rings (SSSR count). The molecule has 0 aliphatic carbocycles. The van der Waals surface area contributed by atoms with E-state index < -0.39 is 5.97 Å². The molecule has 6 nitrogen and oxygen atoms in total. The summed E-state index contributed by atoms with van der Waals surface area (Å²) in [5, 5.41) is 2.67. The van der Waals surface area contributed by atoms with E-state index in [0.29, 0.717) is 23.4 Å². The van der Waals surface area contributed by atoms with Crippen molar-refractivity contribution in [3.63, 3.8) is 0 Å². The van der Waals surface area contributed by atoms with Crippen LogP contribution in [0.2, 0.25) is 0 Å². The Labute approximate surface area is 145 Å². The molecule has 0 saturated carbocycles. The summed E-state index contributed by atoms with van der Waals surface area (Å²) in [7, 11) is 1.47. The van der Waals surface area contributed by atoms with Crippen LogP contribution in [0.3, 0.4) is 0 Å². The molecule has 0 aliphatic rings. The van der Waals surface area contributed by atoms with E-state index in [4.69, 9.17) is 9.47 Å². The molecule has 130 valence electrons. The molecule has 1 amide bonds. The molecule has 0 fully saturated rings. The number of methoxy groups -OCH3 is 1. The lowest BCUT2D eigenvalue weighted by atomic mass is 10.1. The number of benzene rings is 2. The molecular formula is C19H19NO5. The second-order valence-corrected chi connectivity index (χ2v) is 5.31. The number of hydrogen-bond donors (Lipinski definition) is 1. The van der Waals surface area contributed by atoms with E-state index in [0.717, 1.165) is 5.56 Å². The fraction of sp³-hybridized carbons (Fsp3) is 0.211. The van der Waals surface area contributed by atoms with Gasteiger partial charge in [0.1, 0.15) is 5.75 Å². The van der Waals surface area contributed by atoms with Gasteiger partial charge in [0.15, 0.2) is 6.61 Å². The first-order chi connectivity index (χ1) is 12.0. The average molecular weight is 341 g/mol. The molecule has 0 spiro atoms. The summed E-state index contributed by atoms with van der Waals surface area (Å²) in [6.45, 7) is 1.45. The van der Waals surface area contributed by atoms with Crippen LogP contribution in [0.1, 0.15) is 33.2 Å². The molecular weight excluding hydrogens is 322 g/mol.